The van der Waals surface area contributed by atoms with Gasteiger partial charge in [-0.25, -0.2) is 15.0 Å². The molecule has 170 valence electrons. The molecule has 3 aromatic heterocycles. The van der Waals surface area contributed by atoms with Gasteiger partial charge in [-0.3, -0.25) is 0 Å². The van der Waals surface area contributed by atoms with Crippen molar-refractivity contribution in [1.29, 1.82) is 0 Å². The van der Waals surface area contributed by atoms with Crippen molar-refractivity contribution in [1.82, 2.24) is 15.0 Å². The van der Waals surface area contributed by atoms with E-state index in [1.807, 2.05) is 18.2 Å². The predicted molar refractivity (Wildman–Crippen MR) is 142 cm³/mol. The summed E-state index contributed by atoms with van der Waals surface area (Å²) in [7, 11) is 0. The SMILES string of the molecule is CC1(C)Cc2c(c(-c3ccccc3)nc3sc4c(SCc5ccc(Cl)cc5)ncnc4c23)CO1. The van der Waals surface area contributed by atoms with Gasteiger partial charge < -0.3 is 4.74 Å². The molecular formula is C27H22ClN3OS2. The van der Waals surface area contributed by atoms with Crippen molar-refractivity contribution in [3.8, 4) is 11.3 Å². The summed E-state index contributed by atoms with van der Waals surface area (Å²) in [6.45, 7) is 4.86. The monoisotopic (exact) mass is 503 g/mol. The van der Waals surface area contributed by atoms with Crippen LogP contribution >= 0.6 is 34.7 Å². The van der Waals surface area contributed by atoms with Crippen LogP contribution in [0.25, 0.3) is 31.7 Å². The number of nitrogens with zero attached hydrogens (tertiary/aromatic N) is 3. The molecule has 0 amide bonds. The molecule has 0 saturated heterocycles. The zero-order chi connectivity index (χ0) is 23.3. The third-order valence-electron chi connectivity index (χ3n) is 6.13. The van der Waals surface area contributed by atoms with E-state index in [-0.39, 0.29) is 5.60 Å². The van der Waals surface area contributed by atoms with E-state index in [0.29, 0.717) is 6.61 Å². The topological polar surface area (TPSA) is 47.9 Å². The first-order chi connectivity index (χ1) is 16.5. The highest BCUT2D eigenvalue weighted by Gasteiger charge is 2.32. The van der Waals surface area contributed by atoms with Gasteiger partial charge in [0.05, 0.1) is 28.1 Å². The molecule has 0 N–H and O–H groups in total. The molecule has 2 aromatic carbocycles. The summed E-state index contributed by atoms with van der Waals surface area (Å²) in [5.74, 6) is 0.819. The lowest BCUT2D eigenvalue weighted by Crippen LogP contribution is -2.32. The Kier molecular flexibility index (Phi) is 5.57. The third-order valence-corrected chi connectivity index (χ3v) is 8.65. The highest BCUT2D eigenvalue weighted by Crippen LogP contribution is 2.44. The summed E-state index contributed by atoms with van der Waals surface area (Å²) in [5, 5.41) is 2.89. The van der Waals surface area contributed by atoms with E-state index in [0.717, 1.165) is 53.9 Å². The van der Waals surface area contributed by atoms with Crippen LogP contribution in [0.15, 0.2) is 66.0 Å². The van der Waals surface area contributed by atoms with Crippen LogP contribution in [0, 0.1) is 0 Å². The van der Waals surface area contributed by atoms with Crippen LogP contribution in [0.4, 0.5) is 0 Å². The second-order valence-electron chi connectivity index (χ2n) is 9.06. The zero-order valence-electron chi connectivity index (χ0n) is 18.8. The molecule has 0 atom stereocenters. The number of thioether (sulfide) groups is 1. The van der Waals surface area contributed by atoms with Gasteiger partial charge in [-0.1, -0.05) is 54.1 Å². The molecule has 5 aromatic rings. The number of ether oxygens (including phenoxy) is 1. The third kappa shape index (κ3) is 3.99. The Labute approximate surface area is 211 Å². The second-order valence-corrected chi connectivity index (χ2v) is 11.5. The smallest absolute Gasteiger partial charge is 0.127 e. The average Bonchev–Trinajstić information content (AvgIpc) is 3.22. The van der Waals surface area contributed by atoms with Crippen LogP contribution in [-0.4, -0.2) is 20.6 Å². The minimum atomic E-state index is -0.233. The number of rotatable bonds is 4. The van der Waals surface area contributed by atoms with E-state index in [9.17, 15) is 0 Å². The Morgan fingerprint density at radius 2 is 1.82 bits per heavy atom. The standard InChI is InChI=1S/C27H22ClN3OS2/c1-27(2)12-19-20(13-32-27)22(17-6-4-3-5-7-17)31-25-21(19)23-24(34-25)26(30-15-29-23)33-14-16-8-10-18(28)11-9-16/h3-11,15H,12-14H2,1-2H3. The fourth-order valence-corrected chi connectivity index (χ4v) is 6.77. The first-order valence-corrected chi connectivity index (χ1v) is 13.3. The fraction of sp³-hybridized carbons (Fsp3) is 0.222. The molecule has 4 heterocycles. The van der Waals surface area contributed by atoms with Gasteiger partial charge in [0.25, 0.3) is 0 Å². The maximum Gasteiger partial charge on any atom is 0.127 e. The van der Waals surface area contributed by atoms with Crippen LogP contribution in [0.2, 0.25) is 5.02 Å². The van der Waals surface area contributed by atoms with Crippen LogP contribution in [0.3, 0.4) is 0 Å². The second kappa shape index (κ2) is 8.61. The average molecular weight is 504 g/mol. The van der Waals surface area contributed by atoms with E-state index in [1.54, 1.807) is 29.4 Å². The zero-order valence-corrected chi connectivity index (χ0v) is 21.2. The van der Waals surface area contributed by atoms with Crippen LogP contribution in [-0.2, 0) is 23.5 Å². The highest BCUT2D eigenvalue weighted by atomic mass is 35.5. The number of hydrogen-bond donors (Lipinski definition) is 0. The molecule has 6 rings (SSSR count). The largest absolute Gasteiger partial charge is 0.370 e. The van der Waals surface area contributed by atoms with Crippen molar-refractivity contribution in [2.45, 2.75) is 43.3 Å². The predicted octanol–water partition coefficient (Wildman–Crippen LogP) is 7.70. The molecule has 7 heteroatoms. The molecule has 0 saturated carbocycles. The van der Waals surface area contributed by atoms with E-state index < -0.39 is 0 Å². The molecule has 1 aliphatic rings. The van der Waals surface area contributed by atoms with Gasteiger partial charge in [0.15, 0.2) is 0 Å². The van der Waals surface area contributed by atoms with E-state index in [2.05, 4.69) is 55.2 Å². The van der Waals surface area contributed by atoms with Crippen LogP contribution in [0.1, 0.15) is 30.5 Å². The lowest BCUT2D eigenvalue weighted by atomic mass is 9.88. The van der Waals surface area contributed by atoms with E-state index in [4.69, 9.17) is 26.3 Å². The fourth-order valence-electron chi connectivity index (χ4n) is 4.46. The van der Waals surface area contributed by atoms with Crippen molar-refractivity contribution in [3.05, 3.63) is 82.6 Å². The van der Waals surface area contributed by atoms with Crippen molar-refractivity contribution in [3.63, 3.8) is 0 Å². The summed E-state index contributed by atoms with van der Waals surface area (Å²) in [6, 6.07) is 18.4. The molecule has 0 fully saturated rings. The molecule has 0 aliphatic carbocycles. The van der Waals surface area contributed by atoms with Gasteiger partial charge in [0.1, 0.15) is 16.2 Å². The summed E-state index contributed by atoms with van der Waals surface area (Å²) < 4.78 is 7.33. The van der Waals surface area contributed by atoms with Crippen molar-refractivity contribution in [2.75, 3.05) is 0 Å². The van der Waals surface area contributed by atoms with Gasteiger partial charge in [0, 0.05) is 33.7 Å². The Morgan fingerprint density at radius 1 is 1.03 bits per heavy atom. The molecule has 1 aliphatic heterocycles. The van der Waals surface area contributed by atoms with Gasteiger partial charge in [-0.2, -0.15) is 0 Å². The first-order valence-electron chi connectivity index (χ1n) is 11.1. The van der Waals surface area contributed by atoms with Gasteiger partial charge in [-0.05, 0) is 37.1 Å². The Hall–Kier alpha value is -2.51. The van der Waals surface area contributed by atoms with Crippen LogP contribution in [0.5, 0.6) is 0 Å². The number of aromatic nitrogens is 3. The molecule has 0 spiro atoms. The summed E-state index contributed by atoms with van der Waals surface area (Å²) in [6.07, 6.45) is 2.50. The summed E-state index contributed by atoms with van der Waals surface area (Å²) >= 11 is 9.46. The van der Waals surface area contributed by atoms with Crippen molar-refractivity contribution < 1.29 is 4.74 Å². The van der Waals surface area contributed by atoms with Crippen molar-refractivity contribution >= 4 is 55.1 Å². The number of thiophene rings is 1. The molecule has 0 radical (unpaired) electrons. The number of halogens is 1. The molecule has 34 heavy (non-hydrogen) atoms. The van der Waals surface area contributed by atoms with Gasteiger partial charge in [-0.15, -0.1) is 23.1 Å². The Morgan fingerprint density at radius 3 is 2.62 bits per heavy atom. The molecule has 0 bridgehead atoms. The molecule has 4 nitrogen and oxygen atoms in total. The minimum Gasteiger partial charge on any atom is -0.370 e. The molecular weight excluding hydrogens is 482 g/mol. The lowest BCUT2D eigenvalue weighted by molar-refractivity contribution is -0.0394. The normalized spacial score (nSPS) is 15.0. The van der Waals surface area contributed by atoms with Gasteiger partial charge in [0.2, 0.25) is 0 Å². The van der Waals surface area contributed by atoms with E-state index >= 15 is 0 Å². The highest BCUT2D eigenvalue weighted by molar-refractivity contribution is 7.98. The summed E-state index contributed by atoms with van der Waals surface area (Å²) in [5.41, 5.74) is 6.57. The lowest BCUT2D eigenvalue weighted by Gasteiger charge is -2.33. The number of hydrogen-bond acceptors (Lipinski definition) is 6. The number of fused-ring (bicyclic) bond motifs is 5. The quantitative estimate of drug-likeness (QED) is 0.186. The number of pyridine rings is 1. The maximum absolute atomic E-state index is 6.23. The Bertz CT molecular complexity index is 1510. The van der Waals surface area contributed by atoms with Crippen LogP contribution < -0.4 is 0 Å². The molecule has 0 unspecified atom stereocenters. The number of benzene rings is 2. The van der Waals surface area contributed by atoms with E-state index in [1.165, 1.54) is 16.7 Å². The van der Waals surface area contributed by atoms with Gasteiger partial charge >= 0.3 is 0 Å². The van der Waals surface area contributed by atoms with Crippen molar-refractivity contribution in [2.24, 2.45) is 0 Å². The first kappa shape index (κ1) is 22.0. The summed E-state index contributed by atoms with van der Waals surface area (Å²) in [4.78, 5) is 15.6. The maximum atomic E-state index is 6.23. The minimum absolute atomic E-state index is 0.233. The Balaban J connectivity index is 1.52.